The van der Waals surface area contributed by atoms with Gasteiger partial charge in [0.05, 0.1) is 6.04 Å². The topological polar surface area (TPSA) is 12.0 Å². The summed E-state index contributed by atoms with van der Waals surface area (Å²) in [5.74, 6) is 0. The van der Waals surface area contributed by atoms with Gasteiger partial charge in [0.2, 0.25) is 0 Å². The number of hydrogen-bond donors (Lipinski definition) is 1. The molecule has 2 rings (SSSR count). The van der Waals surface area contributed by atoms with Crippen LogP contribution in [0.3, 0.4) is 0 Å². The van der Waals surface area contributed by atoms with E-state index in [4.69, 9.17) is 0 Å². The molecule has 1 aromatic heterocycles. The van der Waals surface area contributed by atoms with Crippen molar-refractivity contribution in [3.63, 3.8) is 0 Å². The molecule has 1 aromatic carbocycles. The average molecular weight is 324 g/mol. The Labute approximate surface area is 121 Å². The second-order valence-electron chi connectivity index (χ2n) is 4.41. The summed E-state index contributed by atoms with van der Waals surface area (Å²) >= 11 is 5.45. The van der Waals surface area contributed by atoms with Gasteiger partial charge in [-0.15, -0.1) is 11.3 Å². The first kappa shape index (κ1) is 13.8. The van der Waals surface area contributed by atoms with Gasteiger partial charge in [-0.2, -0.15) is 0 Å². The number of nitrogens with one attached hydrogen (secondary N) is 1. The van der Waals surface area contributed by atoms with Gasteiger partial charge in [-0.05, 0) is 64.5 Å². The fourth-order valence-electron chi connectivity index (χ4n) is 2.15. The van der Waals surface area contributed by atoms with Crippen LogP contribution in [-0.2, 0) is 0 Å². The molecule has 1 heterocycles. The summed E-state index contributed by atoms with van der Waals surface area (Å²) in [6.45, 7) is 7.49. The molecule has 0 aliphatic rings. The molecule has 0 bridgehead atoms. The first-order chi connectivity index (χ1) is 8.65. The van der Waals surface area contributed by atoms with Crippen LogP contribution in [0.1, 0.15) is 34.5 Å². The number of halogens is 1. The first-order valence-corrected chi connectivity index (χ1v) is 7.84. The molecule has 96 valence electrons. The minimum absolute atomic E-state index is 0.282. The Morgan fingerprint density at radius 3 is 2.67 bits per heavy atom. The zero-order valence-electron chi connectivity index (χ0n) is 11.0. The van der Waals surface area contributed by atoms with Crippen LogP contribution < -0.4 is 5.32 Å². The van der Waals surface area contributed by atoms with Gasteiger partial charge in [0, 0.05) is 9.35 Å². The Morgan fingerprint density at radius 2 is 2.06 bits per heavy atom. The summed E-state index contributed by atoms with van der Waals surface area (Å²) in [6.07, 6.45) is 0. The van der Waals surface area contributed by atoms with Crippen molar-refractivity contribution in [2.75, 3.05) is 6.54 Å². The molecule has 1 atom stereocenters. The molecule has 0 saturated heterocycles. The third-order valence-corrected chi connectivity index (χ3v) is 5.21. The summed E-state index contributed by atoms with van der Waals surface area (Å²) in [7, 11) is 0. The molecule has 0 spiro atoms. The summed E-state index contributed by atoms with van der Waals surface area (Å²) in [5, 5.41) is 5.72. The molecule has 0 saturated carbocycles. The highest BCUT2D eigenvalue weighted by molar-refractivity contribution is 9.10. The third kappa shape index (κ3) is 2.68. The number of rotatable bonds is 4. The van der Waals surface area contributed by atoms with Gasteiger partial charge in [0.25, 0.3) is 0 Å². The van der Waals surface area contributed by atoms with Crippen molar-refractivity contribution in [1.82, 2.24) is 5.32 Å². The lowest BCUT2D eigenvalue weighted by atomic mass is 9.96. The molecule has 1 N–H and O–H groups in total. The van der Waals surface area contributed by atoms with E-state index in [-0.39, 0.29) is 6.04 Å². The van der Waals surface area contributed by atoms with Crippen LogP contribution in [-0.4, -0.2) is 6.54 Å². The van der Waals surface area contributed by atoms with E-state index in [1.807, 2.05) is 0 Å². The molecule has 0 aliphatic heterocycles. The van der Waals surface area contributed by atoms with Crippen LogP contribution in [0.25, 0.3) is 0 Å². The van der Waals surface area contributed by atoms with E-state index in [0.717, 1.165) is 6.54 Å². The van der Waals surface area contributed by atoms with Gasteiger partial charge in [0.1, 0.15) is 0 Å². The van der Waals surface area contributed by atoms with E-state index in [1.54, 1.807) is 11.3 Å². The Bertz CT molecular complexity index is 533. The minimum Gasteiger partial charge on any atom is -0.306 e. The summed E-state index contributed by atoms with van der Waals surface area (Å²) in [4.78, 5) is 1.35. The van der Waals surface area contributed by atoms with Crippen molar-refractivity contribution < 1.29 is 0 Å². The van der Waals surface area contributed by atoms with E-state index >= 15 is 0 Å². The zero-order chi connectivity index (χ0) is 13.1. The lowest BCUT2D eigenvalue weighted by molar-refractivity contribution is 0.634. The summed E-state index contributed by atoms with van der Waals surface area (Å²) < 4.78 is 1.19. The van der Waals surface area contributed by atoms with Crippen LogP contribution in [0, 0.1) is 13.8 Å². The van der Waals surface area contributed by atoms with Crippen molar-refractivity contribution >= 4 is 27.3 Å². The summed E-state index contributed by atoms with van der Waals surface area (Å²) in [5.41, 5.74) is 4.10. The van der Waals surface area contributed by atoms with Crippen molar-refractivity contribution in [1.29, 1.82) is 0 Å². The van der Waals surface area contributed by atoms with E-state index in [0.29, 0.717) is 0 Å². The minimum atomic E-state index is 0.282. The molecule has 0 fully saturated rings. The predicted octanol–water partition coefficient (Wildman–Crippen LogP) is 4.83. The fraction of sp³-hybridized carbons (Fsp3) is 0.333. The first-order valence-electron chi connectivity index (χ1n) is 6.17. The average Bonchev–Trinajstić information content (AvgIpc) is 2.76. The number of benzene rings is 1. The van der Waals surface area contributed by atoms with Gasteiger partial charge in [-0.1, -0.05) is 25.1 Å². The maximum Gasteiger partial charge on any atom is 0.0685 e. The quantitative estimate of drug-likeness (QED) is 0.850. The van der Waals surface area contributed by atoms with Gasteiger partial charge >= 0.3 is 0 Å². The van der Waals surface area contributed by atoms with Gasteiger partial charge in [-0.3, -0.25) is 0 Å². The zero-order valence-corrected chi connectivity index (χ0v) is 13.4. The molecular weight excluding hydrogens is 306 g/mol. The Morgan fingerprint density at radius 1 is 1.28 bits per heavy atom. The normalized spacial score (nSPS) is 12.7. The van der Waals surface area contributed by atoms with Crippen LogP contribution in [0.5, 0.6) is 0 Å². The Hall–Kier alpha value is -0.640. The predicted molar refractivity (Wildman–Crippen MR) is 83.5 cm³/mol. The van der Waals surface area contributed by atoms with Gasteiger partial charge in [-0.25, -0.2) is 0 Å². The van der Waals surface area contributed by atoms with Crippen LogP contribution in [0.15, 0.2) is 34.1 Å². The summed E-state index contributed by atoms with van der Waals surface area (Å²) in [6, 6.07) is 8.94. The molecule has 0 radical (unpaired) electrons. The van der Waals surface area contributed by atoms with Crippen molar-refractivity contribution in [2.24, 2.45) is 0 Å². The lowest BCUT2D eigenvalue weighted by Gasteiger charge is -2.21. The second kappa shape index (κ2) is 6.00. The SMILES string of the molecule is CCNC(c1cccc(C)c1C)c1sccc1Br. The highest BCUT2D eigenvalue weighted by atomic mass is 79.9. The largest absolute Gasteiger partial charge is 0.306 e. The smallest absolute Gasteiger partial charge is 0.0685 e. The highest BCUT2D eigenvalue weighted by Crippen LogP contribution is 2.34. The molecule has 2 aromatic rings. The molecule has 3 heteroatoms. The maximum atomic E-state index is 3.65. The second-order valence-corrected chi connectivity index (χ2v) is 6.21. The number of thiophene rings is 1. The Kier molecular flexibility index (Phi) is 4.60. The highest BCUT2D eigenvalue weighted by Gasteiger charge is 2.19. The van der Waals surface area contributed by atoms with Crippen molar-refractivity contribution in [3.8, 4) is 0 Å². The molecule has 0 aliphatic carbocycles. The van der Waals surface area contributed by atoms with Crippen LogP contribution in [0.4, 0.5) is 0 Å². The number of hydrogen-bond acceptors (Lipinski definition) is 2. The van der Waals surface area contributed by atoms with E-state index in [2.05, 4.69) is 71.7 Å². The van der Waals surface area contributed by atoms with E-state index in [9.17, 15) is 0 Å². The number of aryl methyl sites for hydroxylation is 1. The molecular formula is C15H18BrNS. The lowest BCUT2D eigenvalue weighted by Crippen LogP contribution is -2.22. The van der Waals surface area contributed by atoms with E-state index in [1.165, 1.54) is 26.0 Å². The molecule has 1 unspecified atom stereocenters. The third-order valence-electron chi connectivity index (χ3n) is 3.27. The van der Waals surface area contributed by atoms with Crippen molar-refractivity contribution in [3.05, 3.63) is 55.7 Å². The van der Waals surface area contributed by atoms with Gasteiger partial charge in [0.15, 0.2) is 0 Å². The monoisotopic (exact) mass is 323 g/mol. The molecule has 0 amide bonds. The molecule has 18 heavy (non-hydrogen) atoms. The van der Waals surface area contributed by atoms with E-state index < -0.39 is 0 Å². The van der Waals surface area contributed by atoms with Crippen LogP contribution >= 0.6 is 27.3 Å². The Balaban J connectivity index is 2.48. The maximum absolute atomic E-state index is 3.65. The van der Waals surface area contributed by atoms with Crippen LogP contribution in [0.2, 0.25) is 0 Å². The fourth-order valence-corrected chi connectivity index (χ4v) is 3.84. The standard InChI is InChI=1S/C15H18BrNS/c1-4-17-14(15-13(16)8-9-18-15)12-7-5-6-10(2)11(12)3/h5-9,14,17H,4H2,1-3H3. The van der Waals surface area contributed by atoms with Crippen molar-refractivity contribution in [2.45, 2.75) is 26.8 Å². The molecule has 1 nitrogen and oxygen atoms in total. The van der Waals surface area contributed by atoms with Gasteiger partial charge < -0.3 is 5.32 Å².